The van der Waals surface area contributed by atoms with Crippen LogP contribution in [0.2, 0.25) is 0 Å². The van der Waals surface area contributed by atoms with Gasteiger partial charge in [-0.1, -0.05) is 138 Å². The molecule has 0 radical (unpaired) electrons. The first kappa shape index (κ1) is 29.4. The fourth-order valence-electron chi connectivity index (χ4n) is 6.32. The molecule has 0 amide bonds. The summed E-state index contributed by atoms with van der Waals surface area (Å²) in [6.07, 6.45) is 0.985. The summed E-state index contributed by atoms with van der Waals surface area (Å²) in [6, 6.07) is 28.5. The van der Waals surface area contributed by atoms with Crippen molar-refractivity contribution in [1.29, 1.82) is 0 Å². The SMILES string of the molecule is CC(C)(C)c1ccc(-c2cc3c(c(C(C)(C)C)c2)-c2cc(C(C)(C)C)c(-c4ccc(C(C)(C)C)cc4)cc2C3)cc1. The predicted molar refractivity (Wildman–Crippen MR) is 180 cm³/mol. The molecule has 0 unspecified atom stereocenters. The molecule has 4 aromatic carbocycles. The van der Waals surface area contributed by atoms with Crippen LogP contribution in [0.1, 0.15) is 116 Å². The summed E-state index contributed by atoms with van der Waals surface area (Å²) in [4.78, 5) is 0. The van der Waals surface area contributed by atoms with Gasteiger partial charge in [-0.3, -0.25) is 0 Å². The van der Waals surface area contributed by atoms with Crippen LogP contribution in [-0.2, 0) is 28.1 Å². The molecule has 0 heterocycles. The second-order valence-corrected chi connectivity index (χ2v) is 16.4. The molecule has 0 aliphatic heterocycles. The second kappa shape index (κ2) is 9.72. The first-order chi connectivity index (χ1) is 18.8. The van der Waals surface area contributed by atoms with Gasteiger partial charge < -0.3 is 0 Å². The monoisotopic (exact) mass is 542 g/mol. The normalized spacial score (nSPS) is 13.8. The van der Waals surface area contributed by atoms with Gasteiger partial charge in [0.2, 0.25) is 0 Å². The van der Waals surface area contributed by atoms with Gasteiger partial charge in [-0.15, -0.1) is 0 Å². The summed E-state index contributed by atoms with van der Waals surface area (Å²) in [5.41, 5.74) is 17.1. The Labute approximate surface area is 250 Å². The van der Waals surface area contributed by atoms with Crippen LogP contribution in [0.15, 0.2) is 72.8 Å². The van der Waals surface area contributed by atoms with Gasteiger partial charge in [0.1, 0.15) is 0 Å². The minimum atomic E-state index is 0.0342. The quantitative estimate of drug-likeness (QED) is 0.208. The van der Waals surface area contributed by atoms with Crippen LogP contribution in [0.25, 0.3) is 33.4 Å². The molecule has 5 rings (SSSR count). The molecule has 41 heavy (non-hydrogen) atoms. The van der Waals surface area contributed by atoms with Gasteiger partial charge in [0.25, 0.3) is 0 Å². The first-order valence-corrected chi connectivity index (χ1v) is 15.4. The molecule has 0 bridgehead atoms. The smallest absolute Gasteiger partial charge is 0.00129 e. The van der Waals surface area contributed by atoms with Gasteiger partial charge >= 0.3 is 0 Å². The van der Waals surface area contributed by atoms with Crippen LogP contribution >= 0.6 is 0 Å². The molecule has 0 nitrogen and oxygen atoms in total. The largest absolute Gasteiger partial charge is 0.0579 e. The number of fused-ring (bicyclic) bond motifs is 3. The molecule has 0 saturated carbocycles. The molecular formula is C41H50. The summed E-state index contributed by atoms with van der Waals surface area (Å²) in [6.45, 7) is 27.9. The molecule has 1 aliphatic carbocycles. The minimum absolute atomic E-state index is 0.0342. The van der Waals surface area contributed by atoms with Crippen molar-refractivity contribution in [3.63, 3.8) is 0 Å². The maximum absolute atomic E-state index is 2.53. The fourth-order valence-corrected chi connectivity index (χ4v) is 6.32. The molecule has 0 heteroatoms. The zero-order chi connectivity index (χ0) is 30.1. The highest BCUT2D eigenvalue weighted by atomic mass is 14.3. The lowest BCUT2D eigenvalue weighted by molar-refractivity contribution is 0.588. The highest BCUT2D eigenvalue weighted by Crippen LogP contribution is 2.48. The van der Waals surface area contributed by atoms with Crippen LogP contribution in [-0.4, -0.2) is 0 Å². The number of rotatable bonds is 2. The van der Waals surface area contributed by atoms with Crippen molar-refractivity contribution in [3.05, 3.63) is 106 Å². The van der Waals surface area contributed by atoms with Gasteiger partial charge in [0.05, 0.1) is 0 Å². The zero-order valence-electron chi connectivity index (χ0n) is 27.6. The lowest BCUT2D eigenvalue weighted by atomic mass is 9.77. The average molecular weight is 543 g/mol. The third-order valence-corrected chi connectivity index (χ3v) is 8.88. The number of benzene rings is 4. The molecule has 1 aliphatic rings. The third kappa shape index (κ3) is 5.68. The van der Waals surface area contributed by atoms with Gasteiger partial charge in [-0.2, -0.15) is 0 Å². The van der Waals surface area contributed by atoms with E-state index in [1.54, 1.807) is 0 Å². The Morgan fingerprint density at radius 3 is 1.34 bits per heavy atom. The van der Waals surface area contributed by atoms with Crippen molar-refractivity contribution in [3.8, 4) is 33.4 Å². The molecule has 0 spiro atoms. The second-order valence-electron chi connectivity index (χ2n) is 16.4. The predicted octanol–water partition coefficient (Wildman–Crippen LogP) is 11.8. The van der Waals surface area contributed by atoms with Crippen molar-refractivity contribution in [1.82, 2.24) is 0 Å². The maximum atomic E-state index is 2.53. The summed E-state index contributed by atoms with van der Waals surface area (Å²) >= 11 is 0. The van der Waals surface area contributed by atoms with E-state index in [2.05, 4.69) is 156 Å². The van der Waals surface area contributed by atoms with Gasteiger partial charge in [-0.25, -0.2) is 0 Å². The Hall–Kier alpha value is -3.12. The van der Waals surface area contributed by atoms with E-state index in [1.165, 1.54) is 66.8 Å². The fraction of sp³-hybridized carbons (Fsp3) is 0.415. The average Bonchev–Trinajstić information content (AvgIpc) is 3.23. The van der Waals surface area contributed by atoms with Crippen LogP contribution in [0.4, 0.5) is 0 Å². The van der Waals surface area contributed by atoms with Crippen molar-refractivity contribution in [2.45, 2.75) is 111 Å². The van der Waals surface area contributed by atoms with E-state index >= 15 is 0 Å². The molecule has 0 aromatic heterocycles. The molecule has 0 N–H and O–H groups in total. The van der Waals surface area contributed by atoms with E-state index in [0.29, 0.717) is 0 Å². The summed E-state index contributed by atoms with van der Waals surface area (Å²) < 4.78 is 0. The lowest BCUT2D eigenvalue weighted by Gasteiger charge is -2.27. The molecule has 214 valence electrons. The number of hydrogen-bond acceptors (Lipinski definition) is 0. The Morgan fingerprint density at radius 1 is 0.390 bits per heavy atom. The van der Waals surface area contributed by atoms with Crippen LogP contribution in [0, 0.1) is 0 Å². The van der Waals surface area contributed by atoms with Crippen molar-refractivity contribution in [2.75, 3.05) is 0 Å². The van der Waals surface area contributed by atoms with E-state index < -0.39 is 0 Å². The standard InChI is InChI=1S/C41H50/c1-38(2,3)31-17-13-26(14-18-31)28-21-30-22-29-23-33(27-15-19-32(20-16-27)39(4,5)6)35(40(7,8)9)25-34(29)37(30)36(24-28)41(10,11)12/h13-21,23-25H,22H2,1-12H3. The van der Waals surface area contributed by atoms with Crippen LogP contribution in [0.5, 0.6) is 0 Å². The summed E-state index contributed by atoms with van der Waals surface area (Å²) in [7, 11) is 0. The minimum Gasteiger partial charge on any atom is -0.0579 e. The van der Waals surface area contributed by atoms with Crippen molar-refractivity contribution < 1.29 is 0 Å². The molecule has 4 aromatic rings. The Bertz CT molecular complexity index is 1580. The van der Waals surface area contributed by atoms with Gasteiger partial charge in [-0.05, 0) is 113 Å². The summed E-state index contributed by atoms with van der Waals surface area (Å²) in [5, 5.41) is 0. The summed E-state index contributed by atoms with van der Waals surface area (Å²) in [5.74, 6) is 0. The molecule has 0 atom stereocenters. The van der Waals surface area contributed by atoms with E-state index in [0.717, 1.165) is 6.42 Å². The Balaban J connectivity index is 1.67. The van der Waals surface area contributed by atoms with E-state index in [9.17, 15) is 0 Å². The molecular weight excluding hydrogens is 492 g/mol. The van der Waals surface area contributed by atoms with Crippen molar-refractivity contribution in [2.24, 2.45) is 0 Å². The highest BCUT2D eigenvalue weighted by molar-refractivity contribution is 5.87. The topological polar surface area (TPSA) is 0 Å². The lowest BCUT2D eigenvalue weighted by Crippen LogP contribution is -2.15. The van der Waals surface area contributed by atoms with Crippen LogP contribution in [0.3, 0.4) is 0 Å². The van der Waals surface area contributed by atoms with Crippen molar-refractivity contribution >= 4 is 0 Å². The zero-order valence-corrected chi connectivity index (χ0v) is 27.6. The Kier molecular flexibility index (Phi) is 6.97. The van der Waals surface area contributed by atoms with E-state index in [-0.39, 0.29) is 21.7 Å². The van der Waals surface area contributed by atoms with E-state index in [4.69, 9.17) is 0 Å². The Morgan fingerprint density at radius 2 is 0.878 bits per heavy atom. The first-order valence-electron chi connectivity index (χ1n) is 15.4. The van der Waals surface area contributed by atoms with Crippen LogP contribution < -0.4 is 0 Å². The number of hydrogen-bond donors (Lipinski definition) is 0. The highest BCUT2D eigenvalue weighted by Gasteiger charge is 2.31. The van der Waals surface area contributed by atoms with E-state index in [1.807, 2.05) is 0 Å². The van der Waals surface area contributed by atoms with Gasteiger partial charge in [0, 0.05) is 0 Å². The molecule has 0 fully saturated rings. The van der Waals surface area contributed by atoms with Gasteiger partial charge in [0.15, 0.2) is 0 Å². The molecule has 0 saturated heterocycles. The third-order valence-electron chi connectivity index (χ3n) is 8.88. The maximum Gasteiger partial charge on any atom is -0.00129 e.